The molecule has 0 radical (unpaired) electrons. The highest BCUT2D eigenvalue weighted by atomic mass is 79.9. The van der Waals surface area contributed by atoms with Gasteiger partial charge in [0.15, 0.2) is 5.69 Å². The number of hydrogen-bond acceptors (Lipinski definition) is 4. The van der Waals surface area contributed by atoms with Crippen molar-refractivity contribution in [1.82, 2.24) is 14.9 Å². The van der Waals surface area contributed by atoms with Crippen molar-refractivity contribution in [2.45, 2.75) is 13.5 Å². The first-order valence-corrected chi connectivity index (χ1v) is 6.97. The number of pyridine rings is 1. The Balaban J connectivity index is 2.12. The average molecular weight is 326 g/mol. The third-order valence-corrected chi connectivity index (χ3v) is 3.99. The van der Waals surface area contributed by atoms with Crippen molar-refractivity contribution in [3.05, 3.63) is 44.6 Å². The van der Waals surface area contributed by atoms with E-state index in [1.165, 1.54) is 11.3 Å². The molecule has 0 N–H and O–H groups in total. The number of rotatable bonds is 3. The van der Waals surface area contributed by atoms with Crippen molar-refractivity contribution in [2.24, 2.45) is 0 Å². The SMILES string of the molecule is Cc1nc(C(=O)N(C)Cc2ccccn2)c(Br)s1. The minimum Gasteiger partial charge on any atom is -0.334 e. The summed E-state index contributed by atoms with van der Waals surface area (Å²) in [5.41, 5.74) is 1.33. The molecule has 1 amide bonds. The number of hydrogen-bond donors (Lipinski definition) is 0. The van der Waals surface area contributed by atoms with Gasteiger partial charge in [-0.25, -0.2) is 4.98 Å². The van der Waals surface area contributed by atoms with Crippen LogP contribution in [-0.2, 0) is 6.54 Å². The first-order valence-electron chi connectivity index (χ1n) is 5.36. The molecule has 0 aliphatic carbocycles. The zero-order chi connectivity index (χ0) is 13.1. The molecule has 0 saturated carbocycles. The van der Waals surface area contributed by atoms with Crippen LogP contribution in [-0.4, -0.2) is 27.8 Å². The van der Waals surface area contributed by atoms with E-state index in [9.17, 15) is 4.79 Å². The van der Waals surface area contributed by atoms with Gasteiger partial charge in [0.05, 0.1) is 17.2 Å². The van der Waals surface area contributed by atoms with Crippen LogP contribution in [0.15, 0.2) is 28.2 Å². The fraction of sp³-hybridized carbons (Fsp3) is 0.250. The summed E-state index contributed by atoms with van der Waals surface area (Å²) < 4.78 is 0.776. The van der Waals surface area contributed by atoms with Gasteiger partial charge in [0, 0.05) is 13.2 Å². The number of carbonyl (C=O) groups is 1. The van der Waals surface area contributed by atoms with Gasteiger partial charge in [-0.05, 0) is 35.0 Å². The van der Waals surface area contributed by atoms with Gasteiger partial charge in [0.25, 0.3) is 5.91 Å². The minimum absolute atomic E-state index is 0.100. The number of aryl methyl sites for hydroxylation is 1. The maximum atomic E-state index is 12.2. The normalized spacial score (nSPS) is 10.4. The monoisotopic (exact) mass is 325 g/mol. The molecule has 4 nitrogen and oxygen atoms in total. The smallest absolute Gasteiger partial charge is 0.274 e. The van der Waals surface area contributed by atoms with Crippen LogP contribution in [0.3, 0.4) is 0 Å². The quantitative estimate of drug-likeness (QED) is 0.871. The molecule has 0 aliphatic rings. The lowest BCUT2D eigenvalue weighted by Crippen LogP contribution is -2.27. The first-order chi connectivity index (χ1) is 8.58. The summed E-state index contributed by atoms with van der Waals surface area (Å²) in [6.45, 7) is 2.35. The summed E-state index contributed by atoms with van der Waals surface area (Å²) in [6, 6.07) is 5.65. The molecule has 18 heavy (non-hydrogen) atoms. The van der Waals surface area contributed by atoms with E-state index in [1.807, 2.05) is 25.1 Å². The highest BCUT2D eigenvalue weighted by molar-refractivity contribution is 9.11. The maximum absolute atomic E-state index is 12.2. The zero-order valence-electron chi connectivity index (χ0n) is 10.1. The molecule has 0 spiro atoms. The van der Waals surface area contributed by atoms with Crippen LogP contribution in [0.1, 0.15) is 21.2 Å². The molecule has 2 rings (SSSR count). The fourth-order valence-electron chi connectivity index (χ4n) is 1.52. The van der Waals surface area contributed by atoms with Crippen LogP contribution in [0.25, 0.3) is 0 Å². The molecule has 0 fully saturated rings. The summed E-state index contributed by atoms with van der Waals surface area (Å²) in [6.07, 6.45) is 1.72. The van der Waals surface area contributed by atoms with E-state index in [2.05, 4.69) is 25.9 Å². The molecule has 0 atom stereocenters. The van der Waals surface area contributed by atoms with Gasteiger partial charge in [-0.3, -0.25) is 9.78 Å². The number of amides is 1. The van der Waals surface area contributed by atoms with Crippen LogP contribution in [0.5, 0.6) is 0 Å². The number of halogens is 1. The van der Waals surface area contributed by atoms with Crippen molar-refractivity contribution >= 4 is 33.2 Å². The fourth-order valence-corrected chi connectivity index (χ4v) is 3.11. The van der Waals surface area contributed by atoms with E-state index in [4.69, 9.17) is 0 Å². The summed E-state index contributed by atoms with van der Waals surface area (Å²) in [4.78, 5) is 22.2. The average Bonchev–Trinajstić information content (AvgIpc) is 2.68. The van der Waals surface area contributed by atoms with Gasteiger partial charge in [-0.15, -0.1) is 11.3 Å². The Morgan fingerprint density at radius 3 is 2.83 bits per heavy atom. The van der Waals surface area contributed by atoms with Crippen LogP contribution in [0.4, 0.5) is 0 Å². The molecule has 2 heterocycles. The van der Waals surface area contributed by atoms with E-state index in [-0.39, 0.29) is 5.91 Å². The molecule has 0 saturated heterocycles. The van der Waals surface area contributed by atoms with E-state index >= 15 is 0 Å². The molecule has 2 aromatic rings. The van der Waals surface area contributed by atoms with Crippen molar-refractivity contribution in [2.75, 3.05) is 7.05 Å². The van der Waals surface area contributed by atoms with Crippen molar-refractivity contribution in [3.8, 4) is 0 Å². The van der Waals surface area contributed by atoms with Crippen LogP contribution >= 0.6 is 27.3 Å². The molecular weight excluding hydrogens is 314 g/mol. The van der Waals surface area contributed by atoms with Gasteiger partial charge in [0.1, 0.15) is 3.79 Å². The Morgan fingerprint density at radius 1 is 1.50 bits per heavy atom. The van der Waals surface area contributed by atoms with Crippen LogP contribution < -0.4 is 0 Å². The summed E-state index contributed by atoms with van der Waals surface area (Å²) in [5, 5.41) is 0.872. The summed E-state index contributed by atoms with van der Waals surface area (Å²) in [7, 11) is 1.75. The second-order valence-electron chi connectivity index (χ2n) is 3.84. The van der Waals surface area contributed by atoms with Gasteiger partial charge in [-0.1, -0.05) is 6.07 Å². The van der Waals surface area contributed by atoms with Crippen molar-refractivity contribution in [1.29, 1.82) is 0 Å². The van der Waals surface area contributed by atoms with Crippen LogP contribution in [0.2, 0.25) is 0 Å². The topological polar surface area (TPSA) is 46.1 Å². The predicted molar refractivity (Wildman–Crippen MR) is 74.6 cm³/mol. The van der Waals surface area contributed by atoms with E-state index < -0.39 is 0 Å². The van der Waals surface area contributed by atoms with E-state index in [0.717, 1.165) is 14.5 Å². The number of carbonyl (C=O) groups excluding carboxylic acids is 1. The molecule has 0 aliphatic heterocycles. The van der Waals surface area contributed by atoms with Gasteiger partial charge >= 0.3 is 0 Å². The molecule has 0 aromatic carbocycles. The Hall–Kier alpha value is -1.27. The lowest BCUT2D eigenvalue weighted by molar-refractivity contribution is 0.0777. The predicted octanol–water partition coefficient (Wildman–Crippen LogP) is 2.88. The lowest BCUT2D eigenvalue weighted by atomic mass is 10.3. The molecular formula is C12H12BrN3OS. The van der Waals surface area contributed by atoms with Gasteiger partial charge in [-0.2, -0.15) is 0 Å². The van der Waals surface area contributed by atoms with Crippen molar-refractivity contribution in [3.63, 3.8) is 0 Å². The number of thiazole rings is 1. The Bertz CT molecular complexity index is 556. The highest BCUT2D eigenvalue weighted by Gasteiger charge is 2.19. The Labute approximate surface area is 118 Å². The lowest BCUT2D eigenvalue weighted by Gasteiger charge is -2.15. The summed E-state index contributed by atoms with van der Waals surface area (Å²) in [5.74, 6) is -0.100. The first kappa shape index (κ1) is 13.2. The third kappa shape index (κ3) is 2.94. The second-order valence-corrected chi connectivity index (χ2v) is 6.36. The van der Waals surface area contributed by atoms with E-state index in [0.29, 0.717) is 12.2 Å². The third-order valence-electron chi connectivity index (χ3n) is 2.37. The molecule has 0 unspecified atom stereocenters. The van der Waals surface area contributed by atoms with Gasteiger partial charge < -0.3 is 4.90 Å². The zero-order valence-corrected chi connectivity index (χ0v) is 12.5. The molecule has 0 bridgehead atoms. The molecule has 94 valence electrons. The van der Waals surface area contributed by atoms with Crippen molar-refractivity contribution < 1.29 is 4.79 Å². The largest absolute Gasteiger partial charge is 0.334 e. The highest BCUT2D eigenvalue weighted by Crippen LogP contribution is 2.25. The van der Waals surface area contributed by atoms with Crippen LogP contribution in [0, 0.1) is 6.92 Å². The summed E-state index contributed by atoms with van der Waals surface area (Å²) >= 11 is 4.83. The Kier molecular flexibility index (Phi) is 4.08. The maximum Gasteiger partial charge on any atom is 0.274 e. The number of nitrogens with zero attached hydrogens (tertiary/aromatic N) is 3. The number of aromatic nitrogens is 2. The van der Waals surface area contributed by atoms with Gasteiger partial charge in [0.2, 0.25) is 0 Å². The molecule has 6 heteroatoms. The molecule has 2 aromatic heterocycles. The second kappa shape index (κ2) is 5.58. The standard InChI is InChI=1S/C12H12BrN3OS/c1-8-15-10(11(13)18-8)12(17)16(2)7-9-5-3-4-6-14-9/h3-6H,7H2,1-2H3. The minimum atomic E-state index is -0.100. The van der Waals surface area contributed by atoms with E-state index in [1.54, 1.807) is 18.1 Å². The Morgan fingerprint density at radius 2 is 2.28 bits per heavy atom.